The Bertz CT molecular complexity index is 1020. The lowest BCUT2D eigenvalue weighted by Crippen LogP contribution is -2.47. The van der Waals surface area contributed by atoms with Crippen LogP contribution in [0.5, 0.6) is 0 Å². The molecule has 0 saturated heterocycles. The summed E-state index contributed by atoms with van der Waals surface area (Å²) < 4.78 is 26.0. The lowest BCUT2D eigenvalue weighted by atomic mass is 10.0. The highest BCUT2D eigenvalue weighted by molar-refractivity contribution is 7.92. The van der Waals surface area contributed by atoms with Crippen molar-refractivity contribution >= 4 is 33.2 Å². The Morgan fingerprint density at radius 2 is 1.63 bits per heavy atom. The van der Waals surface area contributed by atoms with Crippen LogP contribution in [-0.4, -0.2) is 32.0 Å². The van der Waals surface area contributed by atoms with Crippen molar-refractivity contribution in [3.05, 3.63) is 59.2 Å². The summed E-state index contributed by atoms with van der Waals surface area (Å²) in [5.41, 5.74) is 3.19. The second-order valence-electron chi connectivity index (χ2n) is 7.59. The summed E-state index contributed by atoms with van der Waals surface area (Å²) in [4.78, 5) is 25.3. The van der Waals surface area contributed by atoms with Crippen molar-refractivity contribution in [3.8, 4) is 0 Å². The van der Waals surface area contributed by atoms with Gasteiger partial charge in [0.25, 0.3) is 5.91 Å². The number of nitrogens with one attached hydrogen (secondary N) is 3. The molecule has 2 aromatic rings. The molecule has 8 heteroatoms. The number of sulfonamides is 1. The van der Waals surface area contributed by atoms with E-state index in [1.54, 1.807) is 44.2 Å². The summed E-state index contributed by atoms with van der Waals surface area (Å²) in [5.74, 6) is -0.811. The van der Waals surface area contributed by atoms with E-state index in [4.69, 9.17) is 0 Å². The molecule has 3 N–H and O–H groups in total. The first-order valence-electron chi connectivity index (χ1n) is 9.82. The Hall–Kier alpha value is -2.87. The van der Waals surface area contributed by atoms with Crippen LogP contribution in [0.4, 0.5) is 11.4 Å². The normalized spacial score (nSPS) is 12.3. The summed E-state index contributed by atoms with van der Waals surface area (Å²) >= 11 is 0. The fourth-order valence-corrected chi connectivity index (χ4v) is 3.49. The predicted octanol–water partition coefficient (Wildman–Crippen LogP) is 3.46. The monoisotopic (exact) mass is 431 g/mol. The molecule has 2 amide bonds. The number of carbonyl (C=O) groups excluding carboxylic acids is 2. The molecule has 1 unspecified atom stereocenters. The van der Waals surface area contributed by atoms with Crippen LogP contribution in [-0.2, 0) is 14.8 Å². The molecular formula is C22H29N3O4S. The molecule has 0 bridgehead atoms. The molecule has 2 rings (SSSR count). The molecule has 30 heavy (non-hydrogen) atoms. The van der Waals surface area contributed by atoms with Crippen molar-refractivity contribution in [1.82, 2.24) is 5.32 Å². The number of rotatable bonds is 8. The first kappa shape index (κ1) is 23.4. The second kappa shape index (κ2) is 9.75. The van der Waals surface area contributed by atoms with E-state index in [0.29, 0.717) is 22.5 Å². The van der Waals surface area contributed by atoms with E-state index in [1.165, 1.54) is 0 Å². The molecule has 1 atom stereocenters. The lowest BCUT2D eigenvalue weighted by molar-refractivity contribution is -0.118. The quantitative estimate of drug-likeness (QED) is 0.595. The van der Waals surface area contributed by atoms with Gasteiger partial charge in [-0.3, -0.25) is 14.3 Å². The highest BCUT2D eigenvalue weighted by Gasteiger charge is 2.25. The average molecular weight is 432 g/mol. The molecule has 0 aromatic heterocycles. The van der Waals surface area contributed by atoms with E-state index in [9.17, 15) is 18.0 Å². The van der Waals surface area contributed by atoms with Crippen molar-refractivity contribution in [2.24, 2.45) is 5.92 Å². The highest BCUT2D eigenvalue weighted by Crippen LogP contribution is 2.21. The Labute approximate surface area is 178 Å². The van der Waals surface area contributed by atoms with E-state index in [1.807, 2.05) is 32.9 Å². The van der Waals surface area contributed by atoms with Gasteiger partial charge in [0, 0.05) is 11.3 Å². The van der Waals surface area contributed by atoms with Gasteiger partial charge < -0.3 is 10.6 Å². The largest absolute Gasteiger partial charge is 0.340 e. The van der Waals surface area contributed by atoms with Gasteiger partial charge in [0.1, 0.15) is 6.04 Å². The first-order valence-corrected chi connectivity index (χ1v) is 11.5. The van der Waals surface area contributed by atoms with Gasteiger partial charge in [-0.2, -0.15) is 0 Å². The molecule has 7 nitrogen and oxygen atoms in total. The molecule has 0 fully saturated rings. The summed E-state index contributed by atoms with van der Waals surface area (Å²) in [5, 5.41) is 5.60. The molecule has 2 aromatic carbocycles. The van der Waals surface area contributed by atoms with E-state index in [2.05, 4.69) is 15.4 Å². The van der Waals surface area contributed by atoms with Crippen molar-refractivity contribution in [3.63, 3.8) is 0 Å². The molecule has 0 aliphatic heterocycles. The van der Waals surface area contributed by atoms with Gasteiger partial charge in [0.05, 0.1) is 11.4 Å². The van der Waals surface area contributed by atoms with E-state index in [-0.39, 0.29) is 23.5 Å². The highest BCUT2D eigenvalue weighted by atomic mass is 32.2. The molecule has 0 radical (unpaired) electrons. The van der Waals surface area contributed by atoms with Crippen LogP contribution in [0.1, 0.15) is 42.3 Å². The van der Waals surface area contributed by atoms with Gasteiger partial charge in [-0.25, -0.2) is 8.42 Å². The minimum Gasteiger partial charge on any atom is -0.340 e. The Morgan fingerprint density at radius 1 is 1.00 bits per heavy atom. The zero-order valence-corrected chi connectivity index (χ0v) is 18.8. The third kappa shape index (κ3) is 6.32. The topological polar surface area (TPSA) is 104 Å². The van der Waals surface area contributed by atoms with Gasteiger partial charge in [0.2, 0.25) is 15.9 Å². The van der Waals surface area contributed by atoms with Crippen LogP contribution in [0, 0.1) is 19.8 Å². The van der Waals surface area contributed by atoms with Crippen LogP contribution in [0.15, 0.2) is 42.5 Å². The summed E-state index contributed by atoms with van der Waals surface area (Å²) in [6, 6.07) is 11.3. The summed E-state index contributed by atoms with van der Waals surface area (Å²) in [6.07, 6.45) is 0. The van der Waals surface area contributed by atoms with Gasteiger partial charge >= 0.3 is 0 Å². The van der Waals surface area contributed by atoms with E-state index < -0.39 is 16.1 Å². The zero-order valence-electron chi connectivity index (χ0n) is 17.9. The van der Waals surface area contributed by atoms with Crippen LogP contribution < -0.4 is 15.4 Å². The van der Waals surface area contributed by atoms with Crippen molar-refractivity contribution in [2.75, 3.05) is 15.8 Å². The minimum absolute atomic E-state index is 0.0261. The molecule has 0 aliphatic rings. The van der Waals surface area contributed by atoms with Gasteiger partial charge in [-0.1, -0.05) is 31.5 Å². The Kier molecular flexibility index (Phi) is 7.61. The maximum absolute atomic E-state index is 12.8. The van der Waals surface area contributed by atoms with Crippen LogP contribution in [0.3, 0.4) is 0 Å². The Balaban J connectivity index is 2.12. The lowest BCUT2D eigenvalue weighted by Gasteiger charge is -2.22. The maximum atomic E-state index is 12.8. The number of anilines is 2. The predicted molar refractivity (Wildman–Crippen MR) is 120 cm³/mol. The minimum atomic E-state index is -3.38. The third-order valence-electron chi connectivity index (χ3n) is 4.69. The van der Waals surface area contributed by atoms with Crippen molar-refractivity contribution in [1.29, 1.82) is 0 Å². The van der Waals surface area contributed by atoms with Gasteiger partial charge in [-0.05, 0) is 62.6 Å². The fraction of sp³-hybridized carbons (Fsp3) is 0.364. The second-order valence-corrected chi connectivity index (χ2v) is 9.60. The van der Waals surface area contributed by atoms with Crippen molar-refractivity contribution < 1.29 is 18.0 Å². The van der Waals surface area contributed by atoms with E-state index >= 15 is 0 Å². The maximum Gasteiger partial charge on any atom is 0.251 e. The number of amides is 2. The molecule has 0 spiro atoms. The molecule has 0 aliphatic carbocycles. The molecule has 0 saturated carbocycles. The zero-order chi connectivity index (χ0) is 22.5. The number of hydrogen-bond acceptors (Lipinski definition) is 4. The number of aryl methyl sites for hydroxylation is 2. The van der Waals surface area contributed by atoms with Crippen LogP contribution in [0.25, 0.3) is 0 Å². The van der Waals surface area contributed by atoms with Crippen LogP contribution in [0.2, 0.25) is 0 Å². The van der Waals surface area contributed by atoms with Crippen LogP contribution >= 0.6 is 0 Å². The van der Waals surface area contributed by atoms with Gasteiger partial charge in [-0.15, -0.1) is 0 Å². The Morgan fingerprint density at radius 3 is 2.17 bits per heavy atom. The average Bonchev–Trinajstić information content (AvgIpc) is 2.68. The first-order chi connectivity index (χ1) is 14.0. The number of hydrogen-bond donors (Lipinski definition) is 3. The number of benzene rings is 2. The van der Waals surface area contributed by atoms with E-state index in [0.717, 1.165) is 5.56 Å². The molecular weight excluding hydrogens is 402 g/mol. The number of carbonyl (C=O) groups is 2. The van der Waals surface area contributed by atoms with Gasteiger partial charge in [0.15, 0.2) is 0 Å². The SMILES string of the molecule is CCS(=O)(=O)Nc1ccc(NC(=O)C(NC(=O)c2ccc(C)cc2)C(C)C)cc1C. The molecule has 0 heterocycles. The molecule has 162 valence electrons. The summed E-state index contributed by atoms with van der Waals surface area (Å²) in [7, 11) is -3.38. The smallest absolute Gasteiger partial charge is 0.251 e. The van der Waals surface area contributed by atoms with Crippen molar-refractivity contribution in [2.45, 2.75) is 40.7 Å². The third-order valence-corrected chi connectivity index (χ3v) is 5.98. The standard InChI is InChI=1S/C22H29N3O4S/c1-6-30(28,29)25-19-12-11-18(13-16(19)5)23-22(27)20(14(2)3)24-21(26)17-9-7-15(4)8-10-17/h7-14,20,25H,6H2,1-5H3,(H,23,27)(H,24,26). The fourth-order valence-electron chi connectivity index (χ4n) is 2.78. The summed E-state index contributed by atoms with van der Waals surface area (Å²) in [6.45, 7) is 8.96.